The second kappa shape index (κ2) is 8.35. The first-order valence-electron chi connectivity index (χ1n) is 7.12. The van der Waals surface area contributed by atoms with Gasteiger partial charge in [-0.2, -0.15) is 5.26 Å². The summed E-state index contributed by atoms with van der Waals surface area (Å²) in [5, 5.41) is 12.5. The average Bonchev–Trinajstić information content (AvgIpc) is 2.57. The van der Waals surface area contributed by atoms with Crippen molar-refractivity contribution in [1.29, 1.82) is 5.26 Å². The van der Waals surface area contributed by atoms with Gasteiger partial charge in [0.2, 0.25) is 0 Å². The van der Waals surface area contributed by atoms with Crippen LogP contribution in [0.5, 0.6) is 0 Å². The molecule has 2 aromatic rings. The number of para-hydroxylation sites is 1. The Labute approximate surface area is 150 Å². The predicted octanol–water partition coefficient (Wildman–Crippen LogP) is 5.49. The van der Waals surface area contributed by atoms with Crippen LogP contribution in [0.2, 0.25) is 10.0 Å². The largest absolute Gasteiger partial charge is 0.319 e. The van der Waals surface area contributed by atoms with Crippen LogP contribution in [0.3, 0.4) is 0 Å². The van der Waals surface area contributed by atoms with Crippen LogP contribution in [-0.2, 0) is 4.79 Å². The summed E-state index contributed by atoms with van der Waals surface area (Å²) in [7, 11) is 0. The third kappa shape index (κ3) is 4.73. The summed E-state index contributed by atoms with van der Waals surface area (Å²) in [5.41, 5.74) is 2.02. The number of rotatable bonds is 4. The van der Waals surface area contributed by atoms with Gasteiger partial charge >= 0.3 is 0 Å². The molecular formula is C19H14Cl2N2O. The fraction of sp³-hybridized carbons (Fsp3) is 0.0526. The lowest BCUT2D eigenvalue weighted by Gasteiger charge is -2.08. The van der Waals surface area contributed by atoms with Crippen molar-refractivity contribution in [3.05, 3.63) is 81.4 Å². The number of allylic oxidation sites excluding steroid dienone is 2. The standard InChI is InChI=1S/C19H14Cl2N2O/c1-13(10-14-6-3-2-4-7-14)11-15(12-22)19(24)23-18-16(20)8-5-9-17(18)21/h2-11H,1H3,(H,23,24)/b13-10?,15-11+. The molecule has 0 aliphatic carbocycles. The molecule has 0 aliphatic rings. The number of nitrogens with one attached hydrogen (secondary N) is 1. The maximum atomic E-state index is 12.3. The first-order chi connectivity index (χ1) is 11.5. The molecular weight excluding hydrogens is 343 g/mol. The van der Waals surface area contributed by atoms with E-state index in [1.165, 1.54) is 6.08 Å². The SMILES string of the molecule is CC(=Cc1ccccc1)/C=C(\C#N)C(=O)Nc1c(Cl)cccc1Cl. The van der Waals surface area contributed by atoms with E-state index in [4.69, 9.17) is 23.2 Å². The summed E-state index contributed by atoms with van der Waals surface area (Å²) < 4.78 is 0. The second-order valence-corrected chi connectivity index (χ2v) is 5.83. The zero-order valence-electron chi connectivity index (χ0n) is 12.9. The molecule has 24 heavy (non-hydrogen) atoms. The highest BCUT2D eigenvalue weighted by atomic mass is 35.5. The van der Waals surface area contributed by atoms with Gasteiger partial charge in [0.05, 0.1) is 15.7 Å². The van der Waals surface area contributed by atoms with Crippen molar-refractivity contribution in [3.8, 4) is 6.07 Å². The minimum Gasteiger partial charge on any atom is -0.319 e. The number of carbonyl (C=O) groups is 1. The molecule has 0 bridgehead atoms. The van der Waals surface area contributed by atoms with Gasteiger partial charge in [-0.1, -0.05) is 65.7 Å². The van der Waals surface area contributed by atoms with Crippen LogP contribution in [0.15, 0.2) is 65.8 Å². The topological polar surface area (TPSA) is 52.9 Å². The highest BCUT2D eigenvalue weighted by molar-refractivity contribution is 6.40. The van der Waals surface area contributed by atoms with E-state index < -0.39 is 5.91 Å². The van der Waals surface area contributed by atoms with E-state index in [1.54, 1.807) is 18.2 Å². The molecule has 0 atom stereocenters. The molecule has 0 unspecified atom stereocenters. The van der Waals surface area contributed by atoms with Gasteiger partial charge in [-0.25, -0.2) is 0 Å². The Bertz CT molecular complexity index is 829. The molecule has 0 radical (unpaired) electrons. The number of nitrogens with zero attached hydrogens (tertiary/aromatic N) is 1. The lowest BCUT2D eigenvalue weighted by molar-refractivity contribution is -0.112. The number of benzene rings is 2. The molecule has 3 nitrogen and oxygen atoms in total. The average molecular weight is 357 g/mol. The van der Waals surface area contributed by atoms with Gasteiger partial charge in [0, 0.05) is 0 Å². The zero-order valence-corrected chi connectivity index (χ0v) is 14.4. The van der Waals surface area contributed by atoms with Crippen LogP contribution >= 0.6 is 23.2 Å². The molecule has 0 aliphatic heterocycles. The van der Waals surface area contributed by atoms with Crippen molar-refractivity contribution >= 4 is 40.9 Å². The van der Waals surface area contributed by atoms with E-state index in [-0.39, 0.29) is 11.3 Å². The second-order valence-electron chi connectivity index (χ2n) is 5.02. The number of amides is 1. The molecule has 2 aromatic carbocycles. The Kier molecular flexibility index (Phi) is 6.20. The highest BCUT2D eigenvalue weighted by Crippen LogP contribution is 2.30. The van der Waals surface area contributed by atoms with Crippen molar-refractivity contribution in [2.45, 2.75) is 6.92 Å². The fourth-order valence-corrected chi connectivity index (χ4v) is 2.52. The molecule has 0 heterocycles. The summed E-state index contributed by atoms with van der Waals surface area (Å²) in [4.78, 5) is 12.3. The quantitative estimate of drug-likeness (QED) is 0.447. The predicted molar refractivity (Wildman–Crippen MR) is 98.9 cm³/mol. The number of halogens is 2. The lowest BCUT2D eigenvalue weighted by Crippen LogP contribution is -2.14. The lowest BCUT2D eigenvalue weighted by atomic mass is 10.1. The van der Waals surface area contributed by atoms with Gasteiger partial charge in [0.15, 0.2) is 0 Å². The summed E-state index contributed by atoms with van der Waals surface area (Å²) in [6, 6.07) is 16.4. The molecule has 1 amide bonds. The van der Waals surface area contributed by atoms with Crippen molar-refractivity contribution < 1.29 is 4.79 Å². The number of carbonyl (C=O) groups excluding carboxylic acids is 1. The Balaban J connectivity index is 2.23. The van der Waals surface area contributed by atoms with E-state index in [2.05, 4.69) is 5.32 Å². The molecule has 0 aromatic heterocycles. The van der Waals surface area contributed by atoms with Gasteiger partial charge in [-0.15, -0.1) is 0 Å². The van der Waals surface area contributed by atoms with E-state index in [0.29, 0.717) is 10.0 Å². The third-order valence-electron chi connectivity index (χ3n) is 3.13. The van der Waals surface area contributed by atoms with Crippen molar-refractivity contribution in [2.24, 2.45) is 0 Å². The van der Waals surface area contributed by atoms with E-state index in [0.717, 1.165) is 11.1 Å². The molecule has 0 fully saturated rings. The number of hydrogen-bond acceptors (Lipinski definition) is 2. The van der Waals surface area contributed by atoms with Gasteiger partial charge < -0.3 is 5.32 Å². The van der Waals surface area contributed by atoms with Crippen LogP contribution in [0.4, 0.5) is 5.69 Å². The molecule has 2 rings (SSSR count). The number of anilines is 1. The molecule has 5 heteroatoms. The van der Waals surface area contributed by atoms with Gasteiger partial charge in [-0.05, 0) is 36.3 Å². The molecule has 1 N–H and O–H groups in total. The Morgan fingerprint density at radius 3 is 2.29 bits per heavy atom. The van der Waals surface area contributed by atoms with Crippen molar-refractivity contribution in [2.75, 3.05) is 5.32 Å². The van der Waals surface area contributed by atoms with E-state index in [9.17, 15) is 10.1 Å². The maximum absolute atomic E-state index is 12.3. The fourth-order valence-electron chi connectivity index (χ4n) is 2.03. The molecule has 0 saturated heterocycles. The molecule has 0 spiro atoms. The maximum Gasteiger partial charge on any atom is 0.266 e. The van der Waals surface area contributed by atoms with Crippen LogP contribution in [0.1, 0.15) is 12.5 Å². The molecule has 0 saturated carbocycles. The summed E-state index contributed by atoms with van der Waals surface area (Å²) in [5.74, 6) is -0.562. The first-order valence-corrected chi connectivity index (χ1v) is 7.87. The smallest absolute Gasteiger partial charge is 0.266 e. The van der Waals surface area contributed by atoms with Crippen molar-refractivity contribution in [1.82, 2.24) is 0 Å². The summed E-state index contributed by atoms with van der Waals surface area (Å²) in [6.07, 6.45) is 3.40. The van der Waals surface area contributed by atoms with Gasteiger partial charge in [-0.3, -0.25) is 4.79 Å². The zero-order chi connectivity index (χ0) is 17.5. The summed E-state index contributed by atoms with van der Waals surface area (Å²) >= 11 is 12.0. The number of nitriles is 1. The van der Waals surface area contributed by atoms with Crippen LogP contribution in [0.25, 0.3) is 6.08 Å². The first kappa shape index (κ1) is 17.8. The Morgan fingerprint density at radius 1 is 1.08 bits per heavy atom. The van der Waals surface area contributed by atoms with Gasteiger partial charge in [0.25, 0.3) is 5.91 Å². The van der Waals surface area contributed by atoms with E-state index in [1.807, 2.05) is 49.4 Å². The van der Waals surface area contributed by atoms with Crippen LogP contribution in [0, 0.1) is 11.3 Å². The van der Waals surface area contributed by atoms with Crippen molar-refractivity contribution in [3.63, 3.8) is 0 Å². The third-order valence-corrected chi connectivity index (χ3v) is 3.76. The Morgan fingerprint density at radius 2 is 1.71 bits per heavy atom. The normalized spacial score (nSPS) is 11.8. The summed E-state index contributed by atoms with van der Waals surface area (Å²) in [6.45, 7) is 1.82. The van der Waals surface area contributed by atoms with E-state index >= 15 is 0 Å². The minimum atomic E-state index is -0.562. The Hall–Kier alpha value is -2.54. The minimum absolute atomic E-state index is 0.0318. The van der Waals surface area contributed by atoms with Crippen LogP contribution < -0.4 is 5.32 Å². The van der Waals surface area contributed by atoms with Crippen LogP contribution in [-0.4, -0.2) is 5.91 Å². The highest BCUT2D eigenvalue weighted by Gasteiger charge is 2.13. The van der Waals surface area contributed by atoms with Gasteiger partial charge in [0.1, 0.15) is 11.6 Å². The molecule has 120 valence electrons. The monoisotopic (exact) mass is 356 g/mol. The number of hydrogen-bond donors (Lipinski definition) is 1.